The zero-order valence-corrected chi connectivity index (χ0v) is 13.4. The Morgan fingerprint density at radius 3 is 2.64 bits per heavy atom. The Morgan fingerprint density at radius 2 is 2.05 bits per heavy atom. The summed E-state index contributed by atoms with van der Waals surface area (Å²) in [5.41, 5.74) is -1.56. The van der Waals surface area contributed by atoms with Crippen molar-refractivity contribution < 1.29 is 18.7 Å². The molecule has 3 nitrogen and oxygen atoms in total. The average molecular weight is 327 g/mol. The first-order valence-corrected chi connectivity index (χ1v) is 7.86. The quantitative estimate of drug-likeness (QED) is 0.663. The Labute approximate surface area is 133 Å². The van der Waals surface area contributed by atoms with E-state index in [1.807, 2.05) is 13.8 Å². The molecule has 1 heterocycles. The van der Waals surface area contributed by atoms with Crippen LogP contribution < -0.4 is 0 Å². The lowest BCUT2D eigenvalue weighted by molar-refractivity contribution is -0.195. The monoisotopic (exact) mass is 327 g/mol. The maximum absolute atomic E-state index is 14.6. The van der Waals surface area contributed by atoms with Gasteiger partial charge in [0.15, 0.2) is 0 Å². The Bertz CT molecular complexity index is 573. The van der Waals surface area contributed by atoms with E-state index in [1.165, 1.54) is 0 Å². The molecule has 1 atom stereocenters. The third kappa shape index (κ3) is 3.33. The molecule has 0 spiro atoms. The van der Waals surface area contributed by atoms with Crippen LogP contribution in [0, 0.1) is 0 Å². The lowest BCUT2D eigenvalue weighted by Gasteiger charge is -2.38. The minimum absolute atomic E-state index is 0.0113. The summed E-state index contributed by atoms with van der Waals surface area (Å²) in [5, 5.41) is 7.04. The van der Waals surface area contributed by atoms with Crippen molar-refractivity contribution in [1.29, 1.82) is 0 Å². The number of nitrogens with zero attached hydrogens (tertiary/aromatic N) is 1. The Hall–Kier alpha value is -1.40. The van der Waals surface area contributed by atoms with Crippen molar-refractivity contribution in [2.75, 3.05) is 6.54 Å². The van der Waals surface area contributed by atoms with Gasteiger partial charge in [0, 0.05) is 24.3 Å². The van der Waals surface area contributed by atoms with Crippen LogP contribution in [0.5, 0.6) is 0 Å². The predicted octanol–water partition coefficient (Wildman–Crippen LogP) is 3.65. The molecule has 1 saturated heterocycles. The number of alkyl halides is 2. The average Bonchev–Trinajstić information content (AvgIpc) is 2.74. The van der Waals surface area contributed by atoms with Crippen molar-refractivity contribution in [1.82, 2.24) is 4.90 Å². The summed E-state index contributed by atoms with van der Waals surface area (Å²) >= 11 is 0.284. The van der Waals surface area contributed by atoms with Gasteiger partial charge in [-0.15, -0.1) is 0 Å². The molecular formula is C16H19F2NO2S. The highest BCUT2D eigenvalue weighted by atomic mass is 32.2. The molecule has 1 fully saturated rings. The van der Waals surface area contributed by atoms with Crippen LogP contribution in [0.2, 0.25) is 0 Å². The predicted molar refractivity (Wildman–Crippen MR) is 82.6 cm³/mol. The first-order chi connectivity index (χ1) is 10.3. The van der Waals surface area contributed by atoms with Gasteiger partial charge in [-0.1, -0.05) is 29.8 Å². The van der Waals surface area contributed by atoms with Gasteiger partial charge in [-0.05, 0) is 37.7 Å². The number of carbonyl (C=O) groups is 1. The van der Waals surface area contributed by atoms with E-state index in [9.17, 15) is 18.7 Å². The molecule has 1 unspecified atom stereocenters. The Balaban J connectivity index is 2.25. The fourth-order valence-electron chi connectivity index (χ4n) is 2.31. The number of hydrogen-bond donors (Lipinski definition) is 1. The molecule has 2 rings (SSSR count). The SMILES string of the molecule is CC(C)=CCN1C(=O)CCC1(O)C(F)(F)Sc1ccccc1. The number of benzene rings is 1. The maximum Gasteiger partial charge on any atom is 0.344 e. The molecule has 0 bridgehead atoms. The lowest BCUT2D eigenvalue weighted by atomic mass is 10.1. The molecule has 1 aliphatic heterocycles. The molecule has 1 amide bonds. The first kappa shape index (κ1) is 17.0. The van der Waals surface area contributed by atoms with Crippen LogP contribution in [0.4, 0.5) is 8.78 Å². The summed E-state index contributed by atoms with van der Waals surface area (Å²) in [6, 6.07) is 8.15. The summed E-state index contributed by atoms with van der Waals surface area (Å²) in [4.78, 5) is 13.1. The highest BCUT2D eigenvalue weighted by Gasteiger charge is 2.61. The van der Waals surface area contributed by atoms with Gasteiger partial charge in [0.05, 0.1) is 0 Å². The van der Waals surface area contributed by atoms with Crippen molar-refractivity contribution in [2.24, 2.45) is 0 Å². The van der Waals surface area contributed by atoms with E-state index in [0.29, 0.717) is 4.90 Å². The number of amides is 1. The Kier molecular flexibility index (Phi) is 4.92. The molecule has 1 aromatic rings. The van der Waals surface area contributed by atoms with Crippen LogP contribution in [0.25, 0.3) is 0 Å². The van der Waals surface area contributed by atoms with Gasteiger partial charge >= 0.3 is 5.25 Å². The fourth-order valence-corrected chi connectivity index (χ4v) is 3.27. The van der Waals surface area contributed by atoms with Crippen LogP contribution in [-0.2, 0) is 4.79 Å². The highest BCUT2D eigenvalue weighted by Crippen LogP contribution is 2.49. The van der Waals surface area contributed by atoms with Gasteiger partial charge < -0.3 is 10.0 Å². The zero-order valence-electron chi connectivity index (χ0n) is 12.6. The molecule has 22 heavy (non-hydrogen) atoms. The van der Waals surface area contributed by atoms with Crippen molar-refractivity contribution in [3.63, 3.8) is 0 Å². The number of aliphatic hydroxyl groups is 1. The third-order valence-corrected chi connectivity index (χ3v) is 4.66. The van der Waals surface area contributed by atoms with E-state index in [1.54, 1.807) is 36.4 Å². The molecule has 1 aliphatic rings. The molecule has 0 saturated carbocycles. The second kappa shape index (κ2) is 6.38. The van der Waals surface area contributed by atoms with E-state index in [-0.39, 0.29) is 31.1 Å². The van der Waals surface area contributed by atoms with Crippen molar-refractivity contribution in [2.45, 2.75) is 42.6 Å². The normalized spacial score (nSPS) is 22.0. The molecule has 0 radical (unpaired) electrons. The van der Waals surface area contributed by atoms with E-state index in [0.717, 1.165) is 10.5 Å². The van der Waals surface area contributed by atoms with Crippen LogP contribution >= 0.6 is 11.8 Å². The standard InChI is InChI=1S/C16H19F2NO2S/c1-12(2)9-11-19-14(20)8-10-15(19,21)16(17,18)22-13-6-4-3-5-7-13/h3-7,9,21H,8,10-11H2,1-2H3. The number of halogens is 2. The maximum atomic E-state index is 14.6. The topological polar surface area (TPSA) is 40.5 Å². The van der Waals surface area contributed by atoms with Crippen LogP contribution in [0.15, 0.2) is 46.9 Å². The van der Waals surface area contributed by atoms with Crippen LogP contribution in [0.1, 0.15) is 26.7 Å². The van der Waals surface area contributed by atoms with Gasteiger partial charge in [-0.25, -0.2) is 0 Å². The van der Waals surface area contributed by atoms with E-state index in [4.69, 9.17) is 0 Å². The minimum atomic E-state index is -3.49. The summed E-state index contributed by atoms with van der Waals surface area (Å²) in [6.07, 6.45) is 1.32. The van der Waals surface area contributed by atoms with Crippen molar-refractivity contribution in [3.8, 4) is 0 Å². The second-order valence-electron chi connectivity index (χ2n) is 5.53. The lowest BCUT2D eigenvalue weighted by Crippen LogP contribution is -2.56. The van der Waals surface area contributed by atoms with Gasteiger partial charge in [-0.2, -0.15) is 8.78 Å². The summed E-state index contributed by atoms with van der Waals surface area (Å²) in [5.74, 6) is -0.451. The van der Waals surface area contributed by atoms with Gasteiger partial charge in [0.1, 0.15) is 0 Å². The third-order valence-electron chi connectivity index (χ3n) is 3.57. The minimum Gasteiger partial charge on any atom is -0.365 e. The van der Waals surface area contributed by atoms with Crippen LogP contribution in [-0.4, -0.2) is 33.4 Å². The van der Waals surface area contributed by atoms with Gasteiger partial charge in [0.2, 0.25) is 11.6 Å². The number of likely N-dealkylation sites (tertiary alicyclic amines) is 1. The number of rotatable bonds is 5. The number of hydrogen-bond acceptors (Lipinski definition) is 3. The zero-order chi connectivity index (χ0) is 16.4. The summed E-state index contributed by atoms with van der Waals surface area (Å²) in [6.45, 7) is 3.62. The highest BCUT2D eigenvalue weighted by molar-refractivity contribution is 8.00. The van der Waals surface area contributed by atoms with E-state index < -0.39 is 16.9 Å². The summed E-state index contributed by atoms with van der Waals surface area (Å²) in [7, 11) is 0. The summed E-state index contributed by atoms with van der Waals surface area (Å²) < 4.78 is 29.3. The first-order valence-electron chi connectivity index (χ1n) is 7.04. The molecule has 1 aromatic carbocycles. The molecule has 6 heteroatoms. The van der Waals surface area contributed by atoms with E-state index >= 15 is 0 Å². The smallest absolute Gasteiger partial charge is 0.344 e. The van der Waals surface area contributed by atoms with Gasteiger partial charge in [0.25, 0.3) is 0 Å². The van der Waals surface area contributed by atoms with Crippen LogP contribution in [0.3, 0.4) is 0 Å². The largest absolute Gasteiger partial charge is 0.365 e. The molecule has 0 aromatic heterocycles. The molecule has 0 aliphatic carbocycles. The second-order valence-corrected chi connectivity index (χ2v) is 6.72. The number of allylic oxidation sites excluding steroid dienone is 1. The number of carbonyl (C=O) groups excluding carboxylic acids is 1. The van der Waals surface area contributed by atoms with E-state index in [2.05, 4.69) is 0 Å². The Morgan fingerprint density at radius 1 is 1.41 bits per heavy atom. The van der Waals surface area contributed by atoms with Gasteiger partial charge in [-0.3, -0.25) is 4.79 Å². The molecular weight excluding hydrogens is 308 g/mol. The van der Waals surface area contributed by atoms with Crippen molar-refractivity contribution >= 4 is 17.7 Å². The van der Waals surface area contributed by atoms with Crippen molar-refractivity contribution in [3.05, 3.63) is 42.0 Å². The molecule has 120 valence electrons. The number of thioether (sulfide) groups is 1. The molecule has 1 N–H and O–H groups in total. The fraction of sp³-hybridized carbons (Fsp3) is 0.438.